The van der Waals surface area contributed by atoms with Gasteiger partial charge in [0.25, 0.3) is 0 Å². The van der Waals surface area contributed by atoms with Crippen LogP contribution in [0, 0.1) is 6.92 Å². The zero-order valence-electron chi connectivity index (χ0n) is 13.0. The maximum Gasteiger partial charge on any atom is 0.238 e. The largest absolute Gasteiger partial charge is 0.360 e. The maximum absolute atomic E-state index is 12.0. The van der Waals surface area contributed by atoms with Crippen LogP contribution in [0.1, 0.15) is 18.2 Å². The van der Waals surface area contributed by atoms with Crippen molar-refractivity contribution in [3.8, 4) is 0 Å². The van der Waals surface area contributed by atoms with Gasteiger partial charge in [0.15, 0.2) is 5.82 Å². The average Bonchev–Trinajstić information content (AvgIpc) is 2.96. The summed E-state index contributed by atoms with van der Waals surface area (Å²) in [7, 11) is 0. The number of hydrogen-bond acceptors (Lipinski definition) is 5. The van der Waals surface area contributed by atoms with Crippen LogP contribution in [0.4, 0.5) is 5.82 Å². The van der Waals surface area contributed by atoms with E-state index in [-0.39, 0.29) is 22.8 Å². The van der Waals surface area contributed by atoms with Gasteiger partial charge in [0.1, 0.15) is 5.76 Å². The molecule has 122 valence electrons. The van der Waals surface area contributed by atoms with Gasteiger partial charge in [-0.1, -0.05) is 35.5 Å². The van der Waals surface area contributed by atoms with E-state index in [4.69, 9.17) is 4.52 Å². The van der Waals surface area contributed by atoms with Gasteiger partial charge in [-0.05, 0) is 19.4 Å². The Morgan fingerprint density at radius 2 is 2.04 bits per heavy atom. The van der Waals surface area contributed by atoms with Gasteiger partial charge in [-0.15, -0.1) is 11.8 Å². The molecule has 0 spiro atoms. The molecule has 2 N–H and O–H groups in total. The van der Waals surface area contributed by atoms with Gasteiger partial charge in [-0.25, -0.2) is 0 Å². The Labute approximate surface area is 139 Å². The number of carbonyl (C=O) groups excluding carboxylic acids is 2. The molecule has 0 unspecified atom stereocenters. The number of thioether (sulfide) groups is 1. The molecule has 0 aliphatic heterocycles. The van der Waals surface area contributed by atoms with Crippen molar-refractivity contribution in [1.29, 1.82) is 0 Å². The van der Waals surface area contributed by atoms with Crippen molar-refractivity contribution in [3.63, 3.8) is 0 Å². The normalized spacial score (nSPS) is 11.7. The number of aromatic nitrogens is 1. The Morgan fingerprint density at radius 3 is 2.70 bits per heavy atom. The van der Waals surface area contributed by atoms with Gasteiger partial charge in [0.2, 0.25) is 11.8 Å². The first-order valence-corrected chi connectivity index (χ1v) is 8.26. The third kappa shape index (κ3) is 5.78. The number of hydrogen-bond donors (Lipinski definition) is 2. The molecule has 0 bridgehead atoms. The van der Waals surface area contributed by atoms with Crippen molar-refractivity contribution < 1.29 is 14.1 Å². The van der Waals surface area contributed by atoms with E-state index < -0.39 is 0 Å². The van der Waals surface area contributed by atoms with Crippen molar-refractivity contribution in [1.82, 2.24) is 10.5 Å². The number of aryl methyl sites for hydroxylation is 1. The van der Waals surface area contributed by atoms with Gasteiger partial charge in [0, 0.05) is 12.6 Å². The summed E-state index contributed by atoms with van der Waals surface area (Å²) in [6, 6.07) is 11.3. The highest BCUT2D eigenvalue weighted by atomic mass is 32.2. The fourth-order valence-corrected chi connectivity index (χ4v) is 2.49. The van der Waals surface area contributed by atoms with Gasteiger partial charge in [-0.3, -0.25) is 9.59 Å². The molecule has 7 heteroatoms. The zero-order valence-corrected chi connectivity index (χ0v) is 13.9. The van der Waals surface area contributed by atoms with Crippen LogP contribution in [-0.4, -0.2) is 28.0 Å². The van der Waals surface area contributed by atoms with E-state index in [1.165, 1.54) is 11.8 Å². The Morgan fingerprint density at radius 1 is 1.30 bits per heavy atom. The van der Waals surface area contributed by atoms with E-state index in [2.05, 4.69) is 15.8 Å². The molecule has 0 saturated carbocycles. The van der Waals surface area contributed by atoms with E-state index in [0.29, 0.717) is 18.1 Å². The number of nitrogens with zero attached hydrogens (tertiary/aromatic N) is 1. The molecular formula is C16H19N3O3S. The van der Waals surface area contributed by atoms with E-state index in [1.807, 2.05) is 30.3 Å². The predicted molar refractivity (Wildman–Crippen MR) is 90.1 cm³/mol. The number of carbonyl (C=O) groups is 2. The number of anilines is 1. The lowest BCUT2D eigenvalue weighted by atomic mass is 10.2. The first kappa shape index (κ1) is 17.1. The van der Waals surface area contributed by atoms with Gasteiger partial charge >= 0.3 is 0 Å². The van der Waals surface area contributed by atoms with Crippen LogP contribution < -0.4 is 10.6 Å². The summed E-state index contributed by atoms with van der Waals surface area (Å²) in [5, 5.41) is 8.81. The third-order valence-electron chi connectivity index (χ3n) is 3.05. The Kier molecular flexibility index (Phi) is 6.22. The summed E-state index contributed by atoms with van der Waals surface area (Å²) in [6.07, 6.45) is 0. The van der Waals surface area contributed by atoms with Gasteiger partial charge in [0.05, 0.1) is 11.0 Å². The standard InChI is InChI=1S/C16H19N3O3S/c1-11-8-14(19-22-11)18-16(21)12(2)23-10-15(20)17-9-13-6-4-3-5-7-13/h3-8,12H,9-10H2,1-2H3,(H,17,20)(H,18,19,21)/t12-/m0/s1. The van der Waals surface area contributed by atoms with E-state index in [9.17, 15) is 9.59 Å². The van der Waals surface area contributed by atoms with Crippen molar-refractivity contribution in [2.24, 2.45) is 0 Å². The van der Waals surface area contributed by atoms with Crippen molar-refractivity contribution in [3.05, 3.63) is 47.7 Å². The van der Waals surface area contributed by atoms with Crippen LogP contribution in [0.3, 0.4) is 0 Å². The second-order valence-electron chi connectivity index (χ2n) is 5.03. The summed E-state index contributed by atoms with van der Waals surface area (Å²) in [5.41, 5.74) is 1.04. The molecule has 1 aromatic carbocycles. The van der Waals surface area contributed by atoms with Gasteiger partial charge < -0.3 is 15.2 Å². The summed E-state index contributed by atoms with van der Waals surface area (Å²) in [5.74, 6) is 0.920. The molecule has 0 radical (unpaired) electrons. The van der Waals surface area contributed by atoms with E-state index >= 15 is 0 Å². The molecule has 6 nitrogen and oxygen atoms in total. The first-order valence-electron chi connectivity index (χ1n) is 7.21. The van der Waals surface area contributed by atoms with Crippen LogP contribution in [0.15, 0.2) is 40.9 Å². The van der Waals surface area contributed by atoms with E-state index in [1.54, 1.807) is 19.9 Å². The van der Waals surface area contributed by atoms with Crippen LogP contribution in [0.2, 0.25) is 0 Å². The molecule has 0 saturated heterocycles. The van der Waals surface area contributed by atoms with Crippen LogP contribution in [-0.2, 0) is 16.1 Å². The quantitative estimate of drug-likeness (QED) is 0.812. The third-order valence-corrected chi connectivity index (χ3v) is 4.19. The monoisotopic (exact) mass is 333 g/mol. The Balaban J connectivity index is 1.69. The molecule has 2 aromatic rings. The SMILES string of the molecule is Cc1cc(NC(=O)[C@H](C)SCC(=O)NCc2ccccc2)no1. The molecule has 1 aromatic heterocycles. The second-order valence-corrected chi connectivity index (χ2v) is 6.36. The molecule has 1 atom stereocenters. The summed E-state index contributed by atoms with van der Waals surface area (Å²) in [6.45, 7) is 3.98. The van der Waals surface area contributed by atoms with Crippen LogP contribution >= 0.6 is 11.8 Å². The Bertz CT molecular complexity index is 658. The van der Waals surface area contributed by atoms with Crippen molar-refractivity contribution >= 4 is 29.4 Å². The highest BCUT2D eigenvalue weighted by molar-refractivity contribution is 8.01. The topological polar surface area (TPSA) is 84.2 Å². The zero-order chi connectivity index (χ0) is 16.7. The smallest absolute Gasteiger partial charge is 0.238 e. The highest BCUT2D eigenvalue weighted by Gasteiger charge is 2.16. The lowest BCUT2D eigenvalue weighted by molar-refractivity contribution is -0.118. The van der Waals surface area contributed by atoms with Crippen molar-refractivity contribution in [2.45, 2.75) is 25.6 Å². The Hall–Kier alpha value is -2.28. The minimum Gasteiger partial charge on any atom is -0.360 e. The maximum atomic E-state index is 12.0. The molecule has 0 fully saturated rings. The summed E-state index contributed by atoms with van der Waals surface area (Å²) >= 11 is 1.27. The minimum absolute atomic E-state index is 0.101. The van der Waals surface area contributed by atoms with E-state index in [0.717, 1.165) is 5.56 Å². The average molecular weight is 333 g/mol. The summed E-state index contributed by atoms with van der Waals surface area (Å²) < 4.78 is 4.88. The first-order chi connectivity index (χ1) is 11.0. The number of benzene rings is 1. The second kappa shape index (κ2) is 8.38. The van der Waals surface area contributed by atoms with Crippen LogP contribution in [0.25, 0.3) is 0 Å². The molecule has 1 heterocycles. The number of amides is 2. The lowest BCUT2D eigenvalue weighted by Gasteiger charge is -2.10. The molecule has 2 amide bonds. The summed E-state index contributed by atoms with van der Waals surface area (Å²) in [4.78, 5) is 23.8. The fourth-order valence-electron chi connectivity index (χ4n) is 1.78. The highest BCUT2D eigenvalue weighted by Crippen LogP contribution is 2.14. The minimum atomic E-state index is -0.366. The fraction of sp³-hybridized carbons (Fsp3) is 0.312. The predicted octanol–water partition coefficient (Wildman–Crippen LogP) is 2.36. The molecule has 0 aliphatic carbocycles. The molecular weight excluding hydrogens is 314 g/mol. The number of nitrogens with one attached hydrogen (secondary N) is 2. The number of rotatable bonds is 7. The molecule has 2 rings (SSSR count). The van der Waals surface area contributed by atoms with Crippen LogP contribution in [0.5, 0.6) is 0 Å². The van der Waals surface area contributed by atoms with Crippen molar-refractivity contribution in [2.75, 3.05) is 11.1 Å². The van der Waals surface area contributed by atoms with Gasteiger partial charge in [-0.2, -0.15) is 0 Å². The molecule has 23 heavy (non-hydrogen) atoms. The lowest BCUT2D eigenvalue weighted by Crippen LogP contribution is -2.28. The molecule has 0 aliphatic rings.